The molecule has 1 saturated heterocycles. The van der Waals surface area contributed by atoms with E-state index in [4.69, 9.17) is 0 Å². The summed E-state index contributed by atoms with van der Waals surface area (Å²) in [7, 11) is 0. The van der Waals surface area contributed by atoms with E-state index in [-0.39, 0.29) is 12.1 Å². The molecule has 7 heteroatoms. The number of hydrogen-bond donors (Lipinski definition) is 2. The Bertz CT molecular complexity index is 761. The number of hydrogen-bond acceptors (Lipinski definition) is 3. The summed E-state index contributed by atoms with van der Waals surface area (Å²) in [5.41, 5.74) is 5.72. The van der Waals surface area contributed by atoms with Crippen LogP contribution in [0.15, 0.2) is 6.07 Å². The number of urea groups is 1. The third-order valence-corrected chi connectivity index (χ3v) is 5.14. The number of aryl methyl sites for hydroxylation is 3. The molecule has 0 radical (unpaired) electrons. The van der Waals surface area contributed by atoms with Crippen molar-refractivity contribution in [1.29, 1.82) is 0 Å². The van der Waals surface area contributed by atoms with Gasteiger partial charge in [0.2, 0.25) is 0 Å². The highest BCUT2D eigenvalue weighted by Gasteiger charge is 2.29. The fourth-order valence-corrected chi connectivity index (χ4v) is 3.95. The number of rotatable bonds is 3. The van der Waals surface area contributed by atoms with Crippen molar-refractivity contribution in [2.45, 2.75) is 52.1 Å². The molecule has 4 rings (SSSR count). The lowest BCUT2D eigenvalue weighted by Crippen LogP contribution is -2.38. The molecule has 2 aliphatic rings. The number of aromatic nitrogens is 4. The summed E-state index contributed by atoms with van der Waals surface area (Å²) < 4.78 is 2.06. The van der Waals surface area contributed by atoms with Gasteiger partial charge in [-0.15, -0.1) is 0 Å². The average Bonchev–Trinajstić information content (AvgIpc) is 3.28. The number of amides is 2. The summed E-state index contributed by atoms with van der Waals surface area (Å²) in [6, 6.07) is 2.36. The molecule has 24 heavy (non-hydrogen) atoms. The molecule has 2 aromatic rings. The van der Waals surface area contributed by atoms with Crippen molar-refractivity contribution in [3.63, 3.8) is 0 Å². The quantitative estimate of drug-likeness (QED) is 0.903. The van der Waals surface area contributed by atoms with Crippen LogP contribution in [0.25, 0.3) is 0 Å². The van der Waals surface area contributed by atoms with Gasteiger partial charge in [0.15, 0.2) is 0 Å². The molecule has 1 fully saturated rings. The van der Waals surface area contributed by atoms with Gasteiger partial charge in [-0.3, -0.25) is 9.78 Å². The molecule has 2 N–H and O–H groups in total. The van der Waals surface area contributed by atoms with Crippen LogP contribution in [-0.2, 0) is 19.4 Å². The molecule has 0 unspecified atom stereocenters. The van der Waals surface area contributed by atoms with Gasteiger partial charge >= 0.3 is 6.03 Å². The number of nitrogens with zero attached hydrogens (tertiary/aromatic N) is 4. The first kappa shape index (κ1) is 15.2. The number of carbonyl (C=O) groups is 1. The van der Waals surface area contributed by atoms with Crippen molar-refractivity contribution in [1.82, 2.24) is 30.2 Å². The van der Waals surface area contributed by atoms with E-state index < -0.39 is 0 Å². The molecule has 128 valence electrons. The predicted octanol–water partition coefficient (Wildman–Crippen LogP) is 1.87. The lowest BCUT2D eigenvalue weighted by atomic mass is 10.2. The van der Waals surface area contributed by atoms with E-state index in [0.717, 1.165) is 42.9 Å². The monoisotopic (exact) mass is 328 g/mol. The van der Waals surface area contributed by atoms with E-state index >= 15 is 0 Å². The molecule has 1 aliphatic heterocycles. The Kier molecular flexibility index (Phi) is 3.78. The van der Waals surface area contributed by atoms with Crippen LogP contribution >= 0.6 is 0 Å². The van der Waals surface area contributed by atoms with E-state index in [0.29, 0.717) is 13.1 Å². The molecule has 2 aromatic heterocycles. The minimum atomic E-state index is -0.00576. The molecular weight excluding hydrogens is 304 g/mol. The first-order valence-electron chi connectivity index (χ1n) is 8.72. The Balaban J connectivity index is 1.35. The summed E-state index contributed by atoms with van der Waals surface area (Å²) in [5, 5.41) is 15.0. The minimum Gasteiger partial charge on any atom is -0.332 e. The predicted molar refractivity (Wildman–Crippen MR) is 89.8 cm³/mol. The van der Waals surface area contributed by atoms with Crippen molar-refractivity contribution in [2.24, 2.45) is 0 Å². The Hall–Kier alpha value is -2.31. The Labute approximate surface area is 141 Å². The lowest BCUT2D eigenvalue weighted by Gasteiger charge is -2.18. The molecule has 1 aliphatic carbocycles. The van der Waals surface area contributed by atoms with E-state index in [1.165, 1.54) is 17.7 Å². The summed E-state index contributed by atoms with van der Waals surface area (Å²) in [4.78, 5) is 14.3. The molecule has 0 bridgehead atoms. The third-order valence-electron chi connectivity index (χ3n) is 5.14. The van der Waals surface area contributed by atoms with Gasteiger partial charge in [-0.25, -0.2) is 4.79 Å². The van der Waals surface area contributed by atoms with Gasteiger partial charge in [0.1, 0.15) is 0 Å². The van der Waals surface area contributed by atoms with Gasteiger partial charge in [-0.1, -0.05) is 0 Å². The van der Waals surface area contributed by atoms with Gasteiger partial charge in [0, 0.05) is 24.5 Å². The first-order valence-corrected chi connectivity index (χ1v) is 8.72. The van der Waals surface area contributed by atoms with Crippen LogP contribution in [0.2, 0.25) is 0 Å². The van der Waals surface area contributed by atoms with Gasteiger partial charge in [-0.2, -0.15) is 10.2 Å². The molecule has 1 atom stereocenters. The zero-order chi connectivity index (χ0) is 16.7. The zero-order valence-electron chi connectivity index (χ0n) is 14.3. The van der Waals surface area contributed by atoms with Crippen LogP contribution in [0.3, 0.4) is 0 Å². The van der Waals surface area contributed by atoms with Gasteiger partial charge in [-0.05, 0) is 51.2 Å². The zero-order valence-corrected chi connectivity index (χ0v) is 14.3. The molecule has 7 nitrogen and oxygen atoms in total. The smallest absolute Gasteiger partial charge is 0.317 e. The van der Waals surface area contributed by atoms with E-state index in [2.05, 4.69) is 38.3 Å². The second-order valence-electron chi connectivity index (χ2n) is 6.90. The van der Waals surface area contributed by atoms with Crippen molar-refractivity contribution in [3.05, 3.63) is 34.4 Å². The van der Waals surface area contributed by atoms with E-state index in [1.54, 1.807) is 0 Å². The fraction of sp³-hybridized carbons (Fsp3) is 0.588. The lowest BCUT2D eigenvalue weighted by molar-refractivity contribution is 0.206. The average molecular weight is 328 g/mol. The van der Waals surface area contributed by atoms with E-state index in [9.17, 15) is 4.79 Å². The highest BCUT2D eigenvalue weighted by Crippen LogP contribution is 2.24. The molecule has 0 spiro atoms. The van der Waals surface area contributed by atoms with Gasteiger partial charge < -0.3 is 10.2 Å². The standard InChI is InChI=1S/C17H24N6O/c1-11-8-12(2)23(21-11)13-6-7-22(10-13)17(24)18-9-16-14-4-3-5-15(14)19-20-16/h8,13H,3-7,9-10H2,1-2H3,(H,18,24)(H,19,20)/t13-/m1/s1. The number of likely N-dealkylation sites (tertiary alicyclic amines) is 1. The molecule has 3 heterocycles. The number of aromatic amines is 1. The Morgan fingerprint density at radius 1 is 1.42 bits per heavy atom. The Morgan fingerprint density at radius 3 is 3.08 bits per heavy atom. The molecular formula is C17H24N6O. The normalized spacial score (nSPS) is 19.8. The van der Waals surface area contributed by atoms with Crippen molar-refractivity contribution >= 4 is 6.03 Å². The number of nitrogens with one attached hydrogen (secondary N) is 2. The summed E-state index contributed by atoms with van der Waals surface area (Å²) >= 11 is 0. The number of fused-ring (bicyclic) bond motifs is 1. The summed E-state index contributed by atoms with van der Waals surface area (Å²) in [6.07, 6.45) is 4.28. The van der Waals surface area contributed by atoms with Gasteiger partial charge in [0.25, 0.3) is 0 Å². The second-order valence-corrected chi connectivity index (χ2v) is 6.90. The van der Waals surface area contributed by atoms with Crippen LogP contribution in [-0.4, -0.2) is 44.0 Å². The maximum atomic E-state index is 12.5. The van der Waals surface area contributed by atoms with Crippen LogP contribution in [0, 0.1) is 13.8 Å². The summed E-state index contributed by atoms with van der Waals surface area (Å²) in [5.74, 6) is 0. The SMILES string of the molecule is Cc1cc(C)n([C@@H]2CCN(C(=O)NCc3n[nH]c4c3CCC4)C2)n1. The topological polar surface area (TPSA) is 78.8 Å². The van der Waals surface area contributed by atoms with Crippen molar-refractivity contribution < 1.29 is 4.79 Å². The fourth-order valence-electron chi connectivity index (χ4n) is 3.95. The summed E-state index contributed by atoms with van der Waals surface area (Å²) in [6.45, 7) is 6.07. The van der Waals surface area contributed by atoms with Crippen molar-refractivity contribution in [3.8, 4) is 0 Å². The molecule has 0 aromatic carbocycles. The van der Waals surface area contributed by atoms with Crippen molar-refractivity contribution in [2.75, 3.05) is 13.1 Å². The maximum Gasteiger partial charge on any atom is 0.317 e. The number of H-pyrrole nitrogens is 1. The molecule has 2 amide bonds. The largest absolute Gasteiger partial charge is 0.332 e. The highest BCUT2D eigenvalue weighted by atomic mass is 16.2. The van der Waals surface area contributed by atoms with E-state index in [1.807, 2.05) is 11.8 Å². The first-order chi connectivity index (χ1) is 11.6. The number of carbonyl (C=O) groups excluding carboxylic acids is 1. The Morgan fingerprint density at radius 2 is 2.29 bits per heavy atom. The highest BCUT2D eigenvalue weighted by molar-refractivity contribution is 5.74. The third kappa shape index (κ3) is 2.68. The van der Waals surface area contributed by atoms with Crippen LogP contribution < -0.4 is 5.32 Å². The minimum absolute atomic E-state index is 0.00576. The second kappa shape index (κ2) is 5.96. The molecule has 0 saturated carbocycles. The van der Waals surface area contributed by atoms with Crippen LogP contribution in [0.1, 0.15) is 47.2 Å². The van der Waals surface area contributed by atoms with Crippen LogP contribution in [0.4, 0.5) is 4.79 Å². The maximum absolute atomic E-state index is 12.5. The van der Waals surface area contributed by atoms with Gasteiger partial charge in [0.05, 0.1) is 24.0 Å². The van der Waals surface area contributed by atoms with Crippen LogP contribution in [0.5, 0.6) is 0 Å².